The van der Waals surface area contributed by atoms with Gasteiger partial charge in [-0.1, -0.05) is 18.2 Å². The summed E-state index contributed by atoms with van der Waals surface area (Å²) in [6, 6.07) is 7.93. The molecule has 0 radical (unpaired) electrons. The summed E-state index contributed by atoms with van der Waals surface area (Å²) < 4.78 is 25.2. The van der Waals surface area contributed by atoms with Crippen LogP contribution >= 0.6 is 0 Å². The summed E-state index contributed by atoms with van der Waals surface area (Å²) >= 11 is 0. The molecule has 0 saturated carbocycles. The van der Waals surface area contributed by atoms with E-state index in [1.807, 2.05) is 0 Å². The summed E-state index contributed by atoms with van der Waals surface area (Å²) in [5.41, 5.74) is 0.137. The molecule has 0 heterocycles. The second-order valence-electron chi connectivity index (χ2n) is 2.11. The van der Waals surface area contributed by atoms with Crippen LogP contribution in [0.1, 0.15) is 0 Å². The third kappa shape index (κ3) is 8.59. The molecule has 0 unspecified atom stereocenters. The van der Waals surface area contributed by atoms with Gasteiger partial charge in [0.15, 0.2) is 0 Å². The first-order valence-electron chi connectivity index (χ1n) is 3.25. The molecule has 0 spiro atoms. The van der Waals surface area contributed by atoms with Crippen LogP contribution in [0.5, 0.6) is 0 Å². The predicted molar refractivity (Wildman–Crippen MR) is 48.8 cm³/mol. The first-order valence-corrected chi connectivity index (χ1v) is 4.75. The Balaban J connectivity index is 0.000000292. The molecule has 8 heteroatoms. The van der Waals surface area contributed by atoms with Gasteiger partial charge >= 0.3 is 10.3 Å². The van der Waals surface area contributed by atoms with Gasteiger partial charge in [0.1, 0.15) is 0 Å². The number of benzene rings is 1. The zero-order valence-corrected chi connectivity index (χ0v) is 7.72. The van der Waals surface area contributed by atoms with Crippen LogP contribution in [0.3, 0.4) is 0 Å². The summed E-state index contributed by atoms with van der Waals surface area (Å²) in [5, 5.41) is 13.9. The highest BCUT2D eigenvalue weighted by Crippen LogP contribution is 2.06. The van der Waals surface area contributed by atoms with Gasteiger partial charge in [-0.25, -0.2) is 5.14 Å². The molecule has 0 amide bonds. The van der Waals surface area contributed by atoms with Crippen molar-refractivity contribution in [1.82, 2.24) is 0 Å². The average molecular weight is 220 g/mol. The second-order valence-corrected chi connectivity index (χ2v) is 3.14. The number of rotatable bonds is 1. The molecule has 3 N–H and O–H groups in total. The Hall–Kier alpha value is -1.51. The maximum absolute atomic E-state index is 10.0. The van der Waals surface area contributed by atoms with Crippen molar-refractivity contribution in [3.8, 4) is 0 Å². The van der Waals surface area contributed by atoms with Crippen LogP contribution in [0.2, 0.25) is 0 Å². The third-order valence-corrected chi connectivity index (χ3v) is 0.967. The number of nitrogens with zero attached hydrogens (tertiary/aromatic N) is 1. The van der Waals surface area contributed by atoms with Crippen molar-refractivity contribution in [3.63, 3.8) is 0 Å². The van der Waals surface area contributed by atoms with E-state index < -0.39 is 15.2 Å². The maximum atomic E-state index is 10.0. The Kier molecular flexibility index (Phi) is 4.70. The first-order chi connectivity index (χ1) is 6.30. The SMILES string of the molecule is NS(=O)(=O)O.O=[N+]([O-])c1ccccc1. The molecule has 0 aromatic heterocycles. The van der Waals surface area contributed by atoms with Gasteiger partial charge in [0.05, 0.1) is 4.92 Å². The number of hydrogen-bond donors (Lipinski definition) is 2. The lowest BCUT2D eigenvalue weighted by Gasteiger charge is -1.85. The van der Waals surface area contributed by atoms with E-state index in [0.717, 1.165) is 0 Å². The van der Waals surface area contributed by atoms with E-state index in [1.54, 1.807) is 18.2 Å². The van der Waals surface area contributed by atoms with Crippen molar-refractivity contribution in [1.29, 1.82) is 0 Å². The van der Waals surface area contributed by atoms with Gasteiger partial charge in [0.2, 0.25) is 0 Å². The molecular formula is C6H8N2O5S. The van der Waals surface area contributed by atoms with E-state index in [1.165, 1.54) is 12.1 Å². The lowest BCUT2D eigenvalue weighted by molar-refractivity contribution is -0.384. The van der Waals surface area contributed by atoms with Crippen molar-refractivity contribution in [2.24, 2.45) is 5.14 Å². The Labute approximate surface area is 80.2 Å². The van der Waals surface area contributed by atoms with Crippen LogP contribution in [-0.2, 0) is 10.3 Å². The number of para-hydroxylation sites is 1. The van der Waals surface area contributed by atoms with E-state index in [-0.39, 0.29) is 5.69 Å². The summed E-state index contributed by atoms with van der Waals surface area (Å²) in [6.07, 6.45) is 0. The molecule has 78 valence electrons. The van der Waals surface area contributed by atoms with Crippen LogP contribution in [0, 0.1) is 10.1 Å². The van der Waals surface area contributed by atoms with Gasteiger partial charge in [-0.15, -0.1) is 0 Å². The minimum atomic E-state index is -4.17. The van der Waals surface area contributed by atoms with E-state index in [4.69, 9.17) is 13.0 Å². The molecule has 1 aromatic rings. The first kappa shape index (κ1) is 12.5. The summed E-state index contributed by atoms with van der Waals surface area (Å²) in [4.78, 5) is 9.59. The molecule has 0 aliphatic rings. The van der Waals surface area contributed by atoms with Crippen molar-refractivity contribution in [2.45, 2.75) is 0 Å². The van der Waals surface area contributed by atoms with Crippen molar-refractivity contribution >= 4 is 16.0 Å². The van der Waals surface area contributed by atoms with Crippen molar-refractivity contribution < 1.29 is 17.9 Å². The van der Waals surface area contributed by atoms with Gasteiger partial charge in [-0.05, 0) is 0 Å². The van der Waals surface area contributed by atoms with Crippen LogP contribution < -0.4 is 5.14 Å². The zero-order chi connectivity index (χ0) is 11.2. The molecule has 0 fully saturated rings. The highest BCUT2D eigenvalue weighted by Gasteiger charge is 1.98. The van der Waals surface area contributed by atoms with Crippen LogP contribution in [0.4, 0.5) is 5.69 Å². The highest BCUT2D eigenvalue weighted by molar-refractivity contribution is 7.83. The van der Waals surface area contributed by atoms with Gasteiger partial charge in [0, 0.05) is 12.1 Å². The van der Waals surface area contributed by atoms with Crippen molar-refractivity contribution in [2.75, 3.05) is 0 Å². The average Bonchev–Trinajstić information content (AvgIpc) is 2.03. The van der Waals surface area contributed by atoms with Crippen LogP contribution in [-0.4, -0.2) is 17.9 Å². The Morgan fingerprint density at radius 2 is 1.64 bits per heavy atom. The summed E-state index contributed by atoms with van der Waals surface area (Å²) in [6.45, 7) is 0. The molecule has 7 nitrogen and oxygen atoms in total. The zero-order valence-electron chi connectivity index (χ0n) is 6.90. The number of hydrogen-bond acceptors (Lipinski definition) is 4. The lowest BCUT2D eigenvalue weighted by Crippen LogP contribution is -2.08. The molecule has 1 rings (SSSR count). The van der Waals surface area contributed by atoms with Crippen molar-refractivity contribution in [3.05, 3.63) is 40.4 Å². The molecule has 0 atom stereocenters. The van der Waals surface area contributed by atoms with Crippen LogP contribution in [0.15, 0.2) is 30.3 Å². The number of nitro benzene ring substituents is 1. The number of nitrogens with two attached hydrogens (primary N) is 1. The normalized spacial score (nSPS) is 9.86. The minimum absolute atomic E-state index is 0.137. The van der Waals surface area contributed by atoms with Gasteiger partial charge in [-0.2, -0.15) is 8.42 Å². The maximum Gasteiger partial charge on any atom is 0.330 e. The molecule has 14 heavy (non-hydrogen) atoms. The highest BCUT2D eigenvalue weighted by atomic mass is 32.2. The molecule has 0 bridgehead atoms. The molecule has 0 aliphatic carbocycles. The molecule has 1 aromatic carbocycles. The standard InChI is InChI=1S/C6H5NO2.H3NO3S/c8-7(9)6-4-2-1-3-5-6;1-5(2,3)4/h1-5H;(H3,1,2,3,4). The topological polar surface area (TPSA) is 124 Å². The largest absolute Gasteiger partial charge is 0.330 e. The fourth-order valence-corrected chi connectivity index (χ4v) is 0.550. The van der Waals surface area contributed by atoms with E-state index in [2.05, 4.69) is 5.14 Å². The van der Waals surface area contributed by atoms with E-state index in [9.17, 15) is 10.1 Å². The Morgan fingerprint density at radius 1 is 1.29 bits per heavy atom. The van der Waals surface area contributed by atoms with Gasteiger partial charge in [-0.3, -0.25) is 14.7 Å². The number of nitro groups is 1. The van der Waals surface area contributed by atoms with Gasteiger partial charge < -0.3 is 0 Å². The quantitative estimate of drug-likeness (QED) is 0.401. The minimum Gasteiger partial charge on any atom is -0.274 e. The lowest BCUT2D eigenvalue weighted by atomic mass is 10.3. The van der Waals surface area contributed by atoms with Crippen LogP contribution in [0.25, 0.3) is 0 Å². The predicted octanol–water partition coefficient (Wildman–Crippen LogP) is 0.343. The summed E-state index contributed by atoms with van der Waals surface area (Å²) in [7, 11) is -4.17. The fourth-order valence-electron chi connectivity index (χ4n) is 0.550. The molecular weight excluding hydrogens is 212 g/mol. The van der Waals surface area contributed by atoms with E-state index >= 15 is 0 Å². The van der Waals surface area contributed by atoms with Gasteiger partial charge in [0.25, 0.3) is 5.69 Å². The third-order valence-electron chi connectivity index (χ3n) is 0.967. The monoisotopic (exact) mass is 220 g/mol. The van der Waals surface area contributed by atoms with E-state index in [0.29, 0.717) is 0 Å². The molecule has 0 aliphatic heterocycles. The summed E-state index contributed by atoms with van der Waals surface area (Å²) in [5.74, 6) is 0. The smallest absolute Gasteiger partial charge is 0.274 e. The fraction of sp³-hybridized carbons (Fsp3) is 0. The Morgan fingerprint density at radius 3 is 1.86 bits per heavy atom. The molecule has 0 saturated heterocycles. The number of non-ortho nitro benzene ring substituents is 1. The Bertz CT molecular complexity index is 380. The second kappa shape index (κ2) is 5.27.